The minimum atomic E-state index is -0.564. The van der Waals surface area contributed by atoms with Crippen molar-refractivity contribution in [2.75, 3.05) is 50.1 Å². The molecule has 0 atom stereocenters. The van der Waals surface area contributed by atoms with E-state index >= 15 is 0 Å². The number of hydrogen-bond donors (Lipinski definition) is 2. The van der Waals surface area contributed by atoms with Crippen LogP contribution in [-0.4, -0.2) is 61.8 Å². The number of aliphatic hydroxyl groups excluding tert-OH is 1. The Kier molecular flexibility index (Phi) is 5.68. The highest BCUT2D eigenvalue weighted by atomic mass is 35.5. The molecule has 0 unspecified atom stereocenters. The topological polar surface area (TPSA) is 82.1 Å². The molecule has 7 nitrogen and oxygen atoms in total. The molecule has 2 aliphatic rings. The first-order chi connectivity index (χ1) is 12.5. The van der Waals surface area contributed by atoms with Gasteiger partial charge in [0.2, 0.25) is 0 Å². The summed E-state index contributed by atoms with van der Waals surface area (Å²) in [5.41, 5.74) is 2.04. The Morgan fingerprint density at radius 1 is 1.35 bits per heavy atom. The molecule has 8 heteroatoms. The molecule has 1 amide bonds. The standard InChI is InChI=1S/C18H22ClN3O4/c1-26-18(25)13-11-22(8-9-23)17(24)16(13)20-14-10-12(19)4-5-15(14)21-6-2-3-7-21/h4-5,10,20,23H,2-3,6-9,11H2,1H3. The molecular formula is C18H22ClN3O4. The van der Waals surface area contributed by atoms with Gasteiger partial charge in [-0.15, -0.1) is 0 Å². The molecule has 1 fully saturated rings. The fourth-order valence-electron chi connectivity index (χ4n) is 3.33. The lowest BCUT2D eigenvalue weighted by atomic mass is 10.2. The van der Waals surface area contributed by atoms with Crippen molar-refractivity contribution in [1.29, 1.82) is 0 Å². The maximum atomic E-state index is 12.7. The molecule has 0 aliphatic carbocycles. The summed E-state index contributed by atoms with van der Waals surface area (Å²) in [6, 6.07) is 5.48. The molecule has 2 heterocycles. The summed E-state index contributed by atoms with van der Waals surface area (Å²) in [4.78, 5) is 28.4. The van der Waals surface area contributed by atoms with Gasteiger partial charge in [-0.1, -0.05) is 11.6 Å². The number of amides is 1. The fourth-order valence-corrected chi connectivity index (χ4v) is 3.50. The maximum absolute atomic E-state index is 12.7. The summed E-state index contributed by atoms with van der Waals surface area (Å²) in [5.74, 6) is -0.905. The molecule has 2 N–H and O–H groups in total. The molecule has 1 aromatic rings. The molecule has 2 aliphatic heterocycles. The first-order valence-corrected chi connectivity index (χ1v) is 8.96. The Balaban J connectivity index is 1.96. The third-order valence-electron chi connectivity index (χ3n) is 4.62. The monoisotopic (exact) mass is 379 g/mol. The van der Waals surface area contributed by atoms with Gasteiger partial charge in [-0.2, -0.15) is 0 Å². The summed E-state index contributed by atoms with van der Waals surface area (Å²) < 4.78 is 4.82. The average molecular weight is 380 g/mol. The summed E-state index contributed by atoms with van der Waals surface area (Å²) in [7, 11) is 1.28. The normalized spacial score (nSPS) is 17.3. The zero-order valence-corrected chi connectivity index (χ0v) is 15.4. The fraction of sp³-hybridized carbons (Fsp3) is 0.444. The zero-order chi connectivity index (χ0) is 18.7. The van der Waals surface area contributed by atoms with Gasteiger partial charge in [-0.3, -0.25) is 4.79 Å². The summed E-state index contributed by atoms with van der Waals surface area (Å²) >= 11 is 6.16. The van der Waals surface area contributed by atoms with Crippen molar-refractivity contribution in [1.82, 2.24) is 4.90 Å². The van der Waals surface area contributed by atoms with Crippen LogP contribution in [0.3, 0.4) is 0 Å². The summed E-state index contributed by atoms with van der Waals surface area (Å²) in [5, 5.41) is 12.8. The largest absolute Gasteiger partial charge is 0.466 e. The molecule has 1 saturated heterocycles. The molecular weight excluding hydrogens is 358 g/mol. The highest BCUT2D eigenvalue weighted by Gasteiger charge is 2.35. The van der Waals surface area contributed by atoms with Gasteiger partial charge in [0.25, 0.3) is 5.91 Å². The molecule has 0 bridgehead atoms. The lowest BCUT2D eigenvalue weighted by molar-refractivity contribution is -0.136. The second kappa shape index (κ2) is 7.97. The van der Waals surface area contributed by atoms with Crippen molar-refractivity contribution in [3.8, 4) is 0 Å². The van der Waals surface area contributed by atoms with E-state index < -0.39 is 5.97 Å². The van der Waals surface area contributed by atoms with Crippen LogP contribution < -0.4 is 10.2 Å². The number of aliphatic hydroxyl groups is 1. The number of rotatable bonds is 6. The minimum Gasteiger partial charge on any atom is -0.466 e. The van der Waals surface area contributed by atoms with Gasteiger partial charge in [0.1, 0.15) is 5.70 Å². The second-order valence-electron chi connectivity index (χ2n) is 6.28. The van der Waals surface area contributed by atoms with Crippen LogP contribution in [0, 0.1) is 0 Å². The molecule has 26 heavy (non-hydrogen) atoms. The van der Waals surface area contributed by atoms with Crippen molar-refractivity contribution in [2.24, 2.45) is 0 Å². The summed E-state index contributed by atoms with van der Waals surface area (Å²) in [6.07, 6.45) is 2.22. The first kappa shape index (κ1) is 18.5. The molecule has 0 radical (unpaired) electrons. The number of nitrogens with zero attached hydrogens (tertiary/aromatic N) is 2. The van der Waals surface area contributed by atoms with Gasteiger partial charge < -0.3 is 25.0 Å². The van der Waals surface area contributed by atoms with Crippen LogP contribution in [0.1, 0.15) is 12.8 Å². The van der Waals surface area contributed by atoms with E-state index in [9.17, 15) is 9.59 Å². The van der Waals surface area contributed by atoms with Crippen LogP contribution in [0.25, 0.3) is 0 Å². The first-order valence-electron chi connectivity index (χ1n) is 8.58. The molecule has 1 aromatic carbocycles. The van der Waals surface area contributed by atoms with Crippen molar-refractivity contribution in [3.05, 3.63) is 34.5 Å². The Labute approximate surface area is 157 Å². The van der Waals surface area contributed by atoms with E-state index in [1.54, 1.807) is 6.07 Å². The molecule has 3 rings (SSSR count). The highest BCUT2D eigenvalue weighted by molar-refractivity contribution is 6.31. The van der Waals surface area contributed by atoms with Crippen molar-refractivity contribution in [2.45, 2.75) is 12.8 Å². The number of carbonyl (C=O) groups is 2. The van der Waals surface area contributed by atoms with E-state index in [4.69, 9.17) is 21.4 Å². The van der Waals surface area contributed by atoms with Crippen LogP contribution in [0.4, 0.5) is 11.4 Å². The predicted octanol–water partition coefficient (Wildman–Crippen LogP) is 1.61. The highest BCUT2D eigenvalue weighted by Crippen LogP contribution is 2.34. The van der Waals surface area contributed by atoms with E-state index in [1.165, 1.54) is 12.0 Å². The number of anilines is 2. The van der Waals surface area contributed by atoms with E-state index in [2.05, 4.69) is 10.2 Å². The molecule has 0 aromatic heterocycles. The van der Waals surface area contributed by atoms with Gasteiger partial charge in [-0.25, -0.2) is 4.79 Å². The van der Waals surface area contributed by atoms with Gasteiger partial charge in [0.05, 0.1) is 37.2 Å². The van der Waals surface area contributed by atoms with Gasteiger partial charge in [-0.05, 0) is 31.0 Å². The number of benzene rings is 1. The Hall–Kier alpha value is -2.25. The Morgan fingerprint density at radius 3 is 2.73 bits per heavy atom. The number of methoxy groups -OCH3 is 1. The van der Waals surface area contributed by atoms with Gasteiger partial charge in [0.15, 0.2) is 0 Å². The second-order valence-corrected chi connectivity index (χ2v) is 6.71. The Bertz CT molecular complexity index is 744. The van der Waals surface area contributed by atoms with E-state index in [-0.39, 0.29) is 36.9 Å². The van der Waals surface area contributed by atoms with Crippen molar-refractivity contribution in [3.63, 3.8) is 0 Å². The van der Waals surface area contributed by atoms with Crippen LogP contribution in [-0.2, 0) is 14.3 Å². The number of nitrogens with one attached hydrogen (secondary N) is 1. The number of carbonyl (C=O) groups excluding carboxylic acids is 2. The number of esters is 1. The lowest BCUT2D eigenvalue weighted by Crippen LogP contribution is -2.31. The van der Waals surface area contributed by atoms with Crippen LogP contribution in [0.15, 0.2) is 29.5 Å². The van der Waals surface area contributed by atoms with Crippen LogP contribution in [0.2, 0.25) is 5.02 Å². The van der Waals surface area contributed by atoms with E-state index in [0.717, 1.165) is 31.6 Å². The van der Waals surface area contributed by atoms with Crippen molar-refractivity contribution >= 4 is 34.9 Å². The molecule has 0 spiro atoms. The zero-order valence-electron chi connectivity index (χ0n) is 14.6. The van der Waals surface area contributed by atoms with Crippen molar-refractivity contribution < 1.29 is 19.4 Å². The molecule has 140 valence electrons. The minimum absolute atomic E-state index is 0.105. The smallest absolute Gasteiger partial charge is 0.337 e. The number of halogens is 1. The quantitative estimate of drug-likeness (QED) is 0.731. The lowest BCUT2D eigenvalue weighted by Gasteiger charge is -2.23. The summed E-state index contributed by atoms with van der Waals surface area (Å²) in [6.45, 7) is 1.95. The molecule has 0 saturated carbocycles. The average Bonchev–Trinajstić information content (AvgIpc) is 3.26. The third kappa shape index (κ3) is 3.64. The predicted molar refractivity (Wildman–Crippen MR) is 99.2 cm³/mol. The maximum Gasteiger partial charge on any atom is 0.337 e. The number of hydrogen-bond acceptors (Lipinski definition) is 6. The van der Waals surface area contributed by atoms with E-state index in [1.807, 2.05) is 12.1 Å². The number of ether oxygens (including phenoxy) is 1. The van der Waals surface area contributed by atoms with Crippen LogP contribution >= 0.6 is 11.6 Å². The Morgan fingerprint density at radius 2 is 2.08 bits per heavy atom. The van der Waals surface area contributed by atoms with E-state index in [0.29, 0.717) is 10.7 Å². The van der Waals surface area contributed by atoms with Gasteiger partial charge >= 0.3 is 5.97 Å². The van der Waals surface area contributed by atoms with Gasteiger partial charge in [0, 0.05) is 24.7 Å². The third-order valence-corrected chi connectivity index (χ3v) is 4.85. The van der Waals surface area contributed by atoms with Crippen LogP contribution in [0.5, 0.6) is 0 Å². The number of β-amino-alcohol motifs (C(OH)–C–C–N with tert-alkyl or cyclic N) is 1. The SMILES string of the molecule is COC(=O)C1=C(Nc2cc(Cl)ccc2N2CCCC2)C(=O)N(CCO)C1.